The lowest BCUT2D eigenvalue weighted by Crippen LogP contribution is -2.18. The molecule has 1 atom stereocenters. The summed E-state index contributed by atoms with van der Waals surface area (Å²) in [5.74, 6) is 1.94. The topological polar surface area (TPSA) is 41.0 Å². The van der Waals surface area contributed by atoms with Crippen molar-refractivity contribution in [3.8, 4) is 0 Å². The molecule has 110 valence electrons. The lowest BCUT2D eigenvalue weighted by molar-refractivity contribution is 0.490. The molecule has 3 aromatic rings. The molecule has 0 saturated heterocycles. The molecule has 0 saturated carbocycles. The molecule has 0 aliphatic carbocycles. The second-order valence-electron chi connectivity index (χ2n) is 5.47. The Bertz CT molecular complexity index is 772. The van der Waals surface area contributed by atoms with Gasteiger partial charge in [-0.15, -0.1) is 0 Å². The molecule has 2 heterocycles. The minimum Gasteiger partial charge on any atom is -0.466 e. The molecule has 0 aliphatic heterocycles. The lowest BCUT2D eigenvalue weighted by atomic mass is 10.1. The Morgan fingerprint density at radius 1 is 1.29 bits per heavy atom. The van der Waals surface area contributed by atoms with Crippen LogP contribution in [0.5, 0.6) is 0 Å². The van der Waals surface area contributed by atoms with Gasteiger partial charge in [0.25, 0.3) is 0 Å². The van der Waals surface area contributed by atoms with E-state index in [-0.39, 0.29) is 6.04 Å². The molecule has 21 heavy (non-hydrogen) atoms. The SMILES string of the molecule is Cc1cc(C(C)NCc2c[nH]c3cc(Cl)ccc23)c(C)o1. The average molecular weight is 303 g/mol. The zero-order valence-electron chi connectivity index (χ0n) is 12.5. The molecule has 0 fully saturated rings. The fourth-order valence-electron chi connectivity index (χ4n) is 2.76. The summed E-state index contributed by atoms with van der Waals surface area (Å²) in [5.41, 5.74) is 3.53. The molecule has 0 amide bonds. The van der Waals surface area contributed by atoms with Gasteiger partial charge in [-0.1, -0.05) is 17.7 Å². The van der Waals surface area contributed by atoms with E-state index in [0.717, 1.165) is 28.6 Å². The van der Waals surface area contributed by atoms with Crippen molar-refractivity contribution in [1.82, 2.24) is 10.3 Å². The average Bonchev–Trinajstić information content (AvgIpc) is 2.98. The summed E-state index contributed by atoms with van der Waals surface area (Å²) in [6.07, 6.45) is 2.04. The first-order chi connectivity index (χ1) is 10.0. The smallest absolute Gasteiger partial charge is 0.105 e. The monoisotopic (exact) mass is 302 g/mol. The maximum atomic E-state index is 6.01. The summed E-state index contributed by atoms with van der Waals surface area (Å²) in [6.45, 7) is 6.94. The summed E-state index contributed by atoms with van der Waals surface area (Å²) in [5, 5.41) is 5.51. The second-order valence-corrected chi connectivity index (χ2v) is 5.91. The van der Waals surface area contributed by atoms with E-state index in [2.05, 4.69) is 29.4 Å². The number of rotatable bonds is 4. The number of hydrogen-bond acceptors (Lipinski definition) is 2. The number of H-pyrrole nitrogens is 1. The molecule has 0 radical (unpaired) electrons. The van der Waals surface area contributed by atoms with Gasteiger partial charge in [0.15, 0.2) is 0 Å². The molecule has 1 aromatic carbocycles. The van der Waals surface area contributed by atoms with Crippen LogP contribution in [0.1, 0.15) is 35.6 Å². The van der Waals surface area contributed by atoms with Gasteiger partial charge < -0.3 is 14.7 Å². The molecule has 3 rings (SSSR count). The molecule has 3 nitrogen and oxygen atoms in total. The van der Waals surface area contributed by atoms with Gasteiger partial charge in [0.1, 0.15) is 11.5 Å². The minimum atomic E-state index is 0.250. The highest BCUT2D eigenvalue weighted by Crippen LogP contribution is 2.24. The van der Waals surface area contributed by atoms with Crippen molar-refractivity contribution in [2.45, 2.75) is 33.4 Å². The van der Waals surface area contributed by atoms with Crippen molar-refractivity contribution in [3.63, 3.8) is 0 Å². The van der Waals surface area contributed by atoms with Crippen molar-refractivity contribution in [2.75, 3.05) is 0 Å². The van der Waals surface area contributed by atoms with Gasteiger partial charge in [-0.2, -0.15) is 0 Å². The standard InChI is InChI=1S/C17H19ClN2O/c1-10-6-16(12(3)21-10)11(2)19-8-13-9-20-17-7-14(18)4-5-15(13)17/h4-7,9,11,19-20H,8H2,1-3H3. The largest absolute Gasteiger partial charge is 0.466 e. The Balaban J connectivity index is 1.76. The minimum absolute atomic E-state index is 0.250. The Kier molecular flexibility index (Phi) is 3.79. The molecule has 0 bridgehead atoms. The van der Waals surface area contributed by atoms with E-state index in [4.69, 9.17) is 16.0 Å². The van der Waals surface area contributed by atoms with Gasteiger partial charge >= 0.3 is 0 Å². The quantitative estimate of drug-likeness (QED) is 0.721. The molecule has 0 aliphatic rings. The number of aryl methyl sites for hydroxylation is 2. The first-order valence-electron chi connectivity index (χ1n) is 7.10. The van der Waals surface area contributed by atoms with Crippen molar-refractivity contribution in [3.05, 3.63) is 58.1 Å². The van der Waals surface area contributed by atoms with Crippen LogP contribution in [-0.4, -0.2) is 4.98 Å². The normalized spacial score (nSPS) is 13.0. The number of hydrogen-bond donors (Lipinski definition) is 2. The van der Waals surface area contributed by atoms with Crippen LogP contribution in [0.3, 0.4) is 0 Å². The Morgan fingerprint density at radius 2 is 2.10 bits per heavy atom. The molecule has 2 aromatic heterocycles. The zero-order valence-corrected chi connectivity index (χ0v) is 13.2. The van der Waals surface area contributed by atoms with Crippen LogP contribution in [0.25, 0.3) is 10.9 Å². The first kappa shape index (κ1) is 14.2. The van der Waals surface area contributed by atoms with Crippen molar-refractivity contribution < 1.29 is 4.42 Å². The van der Waals surface area contributed by atoms with E-state index in [1.165, 1.54) is 16.5 Å². The molecule has 4 heteroatoms. The summed E-state index contributed by atoms with van der Waals surface area (Å²) >= 11 is 6.01. The predicted molar refractivity (Wildman–Crippen MR) is 86.7 cm³/mol. The van der Waals surface area contributed by atoms with Gasteiger partial charge in [-0.25, -0.2) is 0 Å². The molecular weight excluding hydrogens is 284 g/mol. The summed E-state index contributed by atoms with van der Waals surface area (Å²) in [4.78, 5) is 3.27. The fraction of sp³-hybridized carbons (Fsp3) is 0.294. The number of aromatic nitrogens is 1. The second kappa shape index (κ2) is 5.58. The third-order valence-corrected chi connectivity index (χ3v) is 4.11. The van der Waals surface area contributed by atoms with Crippen LogP contribution in [-0.2, 0) is 6.54 Å². The number of halogens is 1. The number of fused-ring (bicyclic) bond motifs is 1. The summed E-state index contributed by atoms with van der Waals surface area (Å²) in [7, 11) is 0. The van der Waals surface area contributed by atoms with E-state index in [9.17, 15) is 0 Å². The van der Waals surface area contributed by atoms with E-state index in [0.29, 0.717) is 0 Å². The first-order valence-corrected chi connectivity index (χ1v) is 7.48. The van der Waals surface area contributed by atoms with Crippen molar-refractivity contribution in [1.29, 1.82) is 0 Å². The number of benzene rings is 1. The maximum Gasteiger partial charge on any atom is 0.105 e. The maximum absolute atomic E-state index is 6.01. The molecule has 2 N–H and O–H groups in total. The Morgan fingerprint density at radius 3 is 2.81 bits per heavy atom. The highest BCUT2D eigenvalue weighted by molar-refractivity contribution is 6.31. The fourth-order valence-corrected chi connectivity index (χ4v) is 2.93. The van der Waals surface area contributed by atoms with Gasteiger partial charge in [-0.05, 0) is 44.5 Å². The van der Waals surface area contributed by atoms with Crippen LogP contribution in [0.4, 0.5) is 0 Å². The van der Waals surface area contributed by atoms with Crippen LogP contribution in [0.2, 0.25) is 5.02 Å². The number of nitrogens with one attached hydrogen (secondary N) is 2. The number of furan rings is 1. The molecular formula is C17H19ClN2O. The Labute approximate surface area is 129 Å². The summed E-state index contributed by atoms with van der Waals surface area (Å²) in [6, 6.07) is 8.28. The molecule has 1 unspecified atom stereocenters. The third kappa shape index (κ3) is 2.85. The Hall–Kier alpha value is -1.71. The van der Waals surface area contributed by atoms with Crippen molar-refractivity contribution >= 4 is 22.5 Å². The zero-order chi connectivity index (χ0) is 15.0. The van der Waals surface area contributed by atoms with Crippen LogP contribution in [0, 0.1) is 13.8 Å². The van der Waals surface area contributed by atoms with E-state index >= 15 is 0 Å². The summed E-state index contributed by atoms with van der Waals surface area (Å²) < 4.78 is 5.60. The van der Waals surface area contributed by atoms with E-state index in [1.54, 1.807) is 0 Å². The lowest BCUT2D eigenvalue weighted by Gasteiger charge is -2.12. The molecule has 0 spiro atoms. The van der Waals surface area contributed by atoms with Crippen molar-refractivity contribution in [2.24, 2.45) is 0 Å². The van der Waals surface area contributed by atoms with Gasteiger partial charge in [0.2, 0.25) is 0 Å². The number of aromatic amines is 1. The predicted octanol–water partition coefficient (Wildman–Crippen LogP) is 4.88. The van der Waals surface area contributed by atoms with Crippen LogP contribution in [0.15, 0.2) is 34.9 Å². The highest BCUT2D eigenvalue weighted by atomic mass is 35.5. The van der Waals surface area contributed by atoms with Gasteiger partial charge in [0.05, 0.1) is 0 Å². The van der Waals surface area contributed by atoms with E-state index < -0.39 is 0 Å². The van der Waals surface area contributed by atoms with E-state index in [1.807, 2.05) is 32.2 Å². The third-order valence-electron chi connectivity index (χ3n) is 3.87. The van der Waals surface area contributed by atoms with Gasteiger partial charge in [0, 0.05) is 40.3 Å². The highest BCUT2D eigenvalue weighted by Gasteiger charge is 2.13. The van der Waals surface area contributed by atoms with Crippen LogP contribution < -0.4 is 5.32 Å². The van der Waals surface area contributed by atoms with Gasteiger partial charge in [-0.3, -0.25) is 0 Å². The van der Waals surface area contributed by atoms with Crippen LogP contribution >= 0.6 is 11.6 Å².